The lowest BCUT2D eigenvalue weighted by Gasteiger charge is -2.42. The van der Waals surface area contributed by atoms with Crippen LogP contribution < -0.4 is 5.32 Å². The van der Waals surface area contributed by atoms with Gasteiger partial charge in [0.1, 0.15) is 0 Å². The van der Waals surface area contributed by atoms with E-state index in [1.165, 1.54) is 0 Å². The predicted molar refractivity (Wildman–Crippen MR) is 62.0 cm³/mol. The van der Waals surface area contributed by atoms with E-state index in [1.807, 2.05) is 0 Å². The van der Waals surface area contributed by atoms with E-state index < -0.39 is 37.1 Å². The highest BCUT2D eigenvalue weighted by Gasteiger charge is 2.41. The first-order valence-corrected chi connectivity index (χ1v) is 6.06. The van der Waals surface area contributed by atoms with Crippen molar-refractivity contribution in [2.45, 2.75) is 37.6 Å². The number of carbonyl (C=O) groups is 2. The Morgan fingerprint density at radius 3 is 2.37 bits per heavy atom. The van der Waals surface area contributed by atoms with E-state index in [4.69, 9.17) is 10.2 Å². The zero-order chi connectivity index (χ0) is 14.5. The van der Waals surface area contributed by atoms with E-state index in [1.54, 1.807) is 0 Å². The summed E-state index contributed by atoms with van der Waals surface area (Å²) in [6.45, 7) is -1.42. The average Bonchev–Trinajstić information content (AvgIpc) is 2.24. The minimum absolute atomic E-state index is 0.209. The second kappa shape index (κ2) is 6.65. The quantitative estimate of drug-likeness (QED) is 0.639. The summed E-state index contributed by atoms with van der Waals surface area (Å²) in [7, 11) is 0. The number of aliphatic carboxylic acids is 1. The zero-order valence-electron chi connectivity index (χ0n) is 10.4. The Hall–Kier alpha value is -1.44. The molecule has 110 valence electrons. The van der Waals surface area contributed by atoms with Gasteiger partial charge in [-0.2, -0.15) is 0 Å². The van der Waals surface area contributed by atoms with E-state index in [0.717, 1.165) is 11.3 Å². The van der Waals surface area contributed by atoms with Crippen LogP contribution in [0.5, 0.6) is 0 Å². The topological polar surface area (TPSA) is 89.9 Å². The summed E-state index contributed by atoms with van der Waals surface area (Å²) < 4.78 is 24.6. The van der Waals surface area contributed by atoms with Crippen molar-refractivity contribution in [2.75, 3.05) is 19.7 Å². The van der Waals surface area contributed by atoms with E-state index in [2.05, 4.69) is 5.32 Å². The second-order valence-electron chi connectivity index (χ2n) is 4.70. The van der Waals surface area contributed by atoms with Crippen LogP contribution in [0.2, 0.25) is 0 Å². The van der Waals surface area contributed by atoms with E-state index in [-0.39, 0.29) is 13.0 Å². The van der Waals surface area contributed by atoms with Crippen molar-refractivity contribution in [3.8, 4) is 0 Å². The molecule has 0 spiro atoms. The number of carboxylic acids is 1. The monoisotopic (exact) mass is 280 g/mol. The Kier molecular flexibility index (Phi) is 5.46. The summed E-state index contributed by atoms with van der Waals surface area (Å²) in [5.74, 6) is -1.04. The largest absolute Gasteiger partial charge is 0.481 e. The van der Waals surface area contributed by atoms with Gasteiger partial charge in [0, 0.05) is 6.54 Å². The van der Waals surface area contributed by atoms with Gasteiger partial charge in [-0.05, 0) is 19.3 Å². The van der Waals surface area contributed by atoms with Gasteiger partial charge in [0.05, 0.1) is 25.1 Å². The molecule has 0 aromatic rings. The van der Waals surface area contributed by atoms with Gasteiger partial charge < -0.3 is 20.4 Å². The summed E-state index contributed by atoms with van der Waals surface area (Å²) in [4.78, 5) is 23.4. The third-order valence-corrected chi connectivity index (χ3v) is 3.19. The van der Waals surface area contributed by atoms with Gasteiger partial charge in [0.15, 0.2) is 0 Å². The number of urea groups is 1. The fraction of sp³-hybridized carbons (Fsp3) is 0.818. The van der Waals surface area contributed by atoms with Crippen LogP contribution in [0, 0.1) is 0 Å². The summed E-state index contributed by atoms with van der Waals surface area (Å²) in [6, 6.07) is -0.754. The lowest BCUT2D eigenvalue weighted by Crippen LogP contribution is -2.58. The Balaban J connectivity index is 2.61. The molecule has 0 saturated heterocycles. The van der Waals surface area contributed by atoms with Crippen LogP contribution in [0.25, 0.3) is 0 Å². The number of carboxylic acid groups (broad SMARTS) is 1. The standard InChI is InChI=1S/C11H18F2N2O4/c12-8(13)7-15(4-5-16)10(19)14-11(2-1-3-11)6-9(17)18/h8,16H,1-7H2,(H,14,19)(H,17,18). The number of aliphatic hydroxyl groups is 1. The Bertz CT molecular complexity index is 335. The first kappa shape index (κ1) is 15.6. The number of nitrogens with zero attached hydrogens (tertiary/aromatic N) is 1. The number of halogens is 2. The van der Waals surface area contributed by atoms with Crippen LogP contribution in [0.1, 0.15) is 25.7 Å². The van der Waals surface area contributed by atoms with Gasteiger partial charge >= 0.3 is 12.0 Å². The lowest BCUT2D eigenvalue weighted by atomic mass is 9.74. The molecule has 0 radical (unpaired) electrons. The third-order valence-electron chi connectivity index (χ3n) is 3.19. The molecule has 0 aliphatic heterocycles. The normalized spacial score (nSPS) is 16.8. The van der Waals surface area contributed by atoms with Crippen LogP contribution in [0.4, 0.5) is 13.6 Å². The molecule has 0 bridgehead atoms. The number of hydrogen-bond acceptors (Lipinski definition) is 3. The molecule has 0 atom stereocenters. The van der Waals surface area contributed by atoms with Crippen LogP contribution in [-0.2, 0) is 4.79 Å². The van der Waals surface area contributed by atoms with Crippen LogP contribution >= 0.6 is 0 Å². The number of amides is 2. The van der Waals surface area contributed by atoms with Gasteiger partial charge in [-0.1, -0.05) is 0 Å². The Morgan fingerprint density at radius 1 is 1.37 bits per heavy atom. The van der Waals surface area contributed by atoms with Crippen molar-refractivity contribution < 1.29 is 28.6 Å². The van der Waals surface area contributed by atoms with Crippen molar-refractivity contribution in [2.24, 2.45) is 0 Å². The van der Waals surface area contributed by atoms with Crippen LogP contribution in [0.3, 0.4) is 0 Å². The maximum absolute atomic E-state index is 12.3. The lowest BCUT2D eigenvalue weighted by molar-refractivity contribution is -0.139. The Labute approximate surface area is 109 Å². The maximum atomic E-state index is 12.3. The van der Waals surface area contributed by atoms with Crippen molar-refractivity contribution in [3.63, 3.8) is 0 Å². The fourth-order valence-electron chi connectivity index (χ4n) is 2.11. The smallest absolute Gasteiger partial charge is 0.318 e. The molecule has 19 heavy (non-hydrogen) atoms. The number of carbonyl (C=O) groups excluding carboxylic acids is 1. The summed E-state index contributed by atoms with van der Waals surface area (Å²) in [5.41, 5.74) is -0.835. The van der Waals surface area contributed by atoms with Gasteiger partial charge in [-0.15, -0.1) is 0 Å². The molecule has 2 amide bonds. The zero-order valence-corrected chi connectivity index (χ0v) is 10.4. The second-order valence-corrected chi connectivity index (χ2v) is 4.70. The number of nitrogens with one attached hydrogen (secondary N) is 1. The summed E-state index contributed by atoms with van der Waals surface area (Å²) >= 11 is 0. The molecule has 0 aromatic heterocycles. The number of alkyl halides is 2. The molecule has 1 rings (SSSR count). The molecule has 6 nitrogen and oxygen atoms in total. The molecule has 0 unspecified atom stereocenters. The van der Waals surface area contributed by atoms with Crippen molar-refractivity contribution in [3.05, 3.63) is 0 Å². The van der Waals surface area contributed by atoms with E-state index in [0.29, 0.717) is 12.8 Å². The molecular weight excluding hydrogens is 262 g/mol. The van der Waals surface area contributed by atoms with Gasteiger partial charge in [0.25, 0.3) is 6.43 Å². The minimum Gasteiger partial charge on any atom is -0.481 e. The van der Waals surface area contributed by atoms with Crippen LogP contribution in [0.15, 0.2) is 0 Å². The maximum Gasteiger partial charge on any atom is 0.318 e. The number of rotatable bonds is 7. The van der Waals surface area contributed by atoms with Gasteiger partial charge in [0.2, 0.25) is 0 Å². The molecule has 0 aromatic carbocycles. The summed E-state index contributed by atoms with van der Waals surface area (Å²) in [6.07, 6.45) is -1.09. The SMILES string of the molecule is O=C(O)CC1(NC(=O)N(CCO)CC(F)F)CCC1. The van der Waals surface area contributed by atoms with E-state index in [9.17, 15) is 18.4 Å². The molecular formula is C11H18F2N2O4. The van der Waals surface area contributed by atoms with Crippen LogP contribution in [-0.4, -0.2) is 58.8 Å². The first-order valence-electron chi connectivity index (χ1n) is 6.06. The van der Waals surface area contributed by atoms with Crippen molar-refractivity contribution in [1.82, 2.24) is 10.2 Å². The molecule has 8 heteroatoms. The molecule has 1 fully saturated rings. The highest BCUT2D eigenvalue weighted by atomic mass is 19.3. The molecule has 1 aliphatic carbocycles. The molecule has 0 heterocycles. The number of aliphatic hydroxyl groups excluding tert-OH is 1. The van der Waals surface area contributed by atoms with Crippen molar-refractivity contribution in [1.29, 1.82) is 0 Å². The highest BCUT2D eigenvalue weighted by Crippen LogP contribution is 2.35. The molecule has 1 aliphatic rings. The number of hydrogen-bond donors (Lipinski definition) is 3. The average molecular weight is 280 g/mol. The van der Waals surface area contributed by atoms with Gasteiger partial charge in [-0.3, -0.25) is 4.79 Å². The first-order chi connectivity index (χ1) is 8.88. The Morgan fingerprint density at radius 2 is 2.00 bits per heavy atom. The summed E-state index contributed by atoms with van der Waals surface area (Å²) in [5, 5.41) is 20.1. The molecule has 3 N–H and O–H groups in total. The van der Waals surface area contributed by atoms with Crippen molar-refractivity contribution >= 4 is 12.0 Å². The molecule has 1 saturated carbocycles. The minimum atomic E-state index is -2.70. The highest BCUT2D eigenvalue weighted by molar-refractivity contribution is 5.77. The third kappa shape index (κ3) is 4.62. The fourth-order valence-corrected chi connectivity index (χ4v) is 2.11. The predicted octanol–water partition coefficient (Wildman–Crippen LogP) is 0.653. The van der Waals surface area contributed by atoms with Gasteiger partial charge in [-0.25, -0.2) is 13.6 Å². The van der Waals surface area contributed by atoms with E-state index >= 15 is 0 Å².